The van der Waals surface area contributed by atoms with Crippen LogP contribution in [0.15, 0.2) is 29.3 Å². The van der Waals surface area contributed by atoms with Gasteiger partial charge in [-0.25, -0.2) is 4.79 Å². The van der Waals surface area contributed by atoms with Crippen LogP contribution in [0, 0.1) is 5.92 Å². The lowest BCUT2D eigenvalue weighted by Gasteiger charge is -2.28. The van der Waals surface area contributed by atoms with Crippen LogP contribution >= 0.6 is 0 Å². The van der Waals surface area contributed by atoms with E-state index < -0.39 is 47.9 Å². The molecule has 0 aliphatic heterocycles. The predicted molar refractivity (Wildman–Crippen MR) is 155 cm³/mol. The van der Waals surface area contributed by atoms with Gasteiger partial charge in [-0.2, -0.15) is 0 Å². The molecule has 5 atom stereocenters. The first-order chi connectivity index (χ1) is 19.4. The van der Waals surface area contributed by atoms with Crippen LogP contribution in [-0.4, -0.2) is 77.1 Å². The topological polar surface area (TPSA) is 261 Å². The van der Waals surface area contributed by atoms with E-state index in [2.05, 4.69) is 20.9 Å². The summed E-state index contributed by atoms with van der Waals surface area (Å²) in [5.41, 5.74) is 23.0. The van der Waals surface area contributed by atoms with Crippen molar-refractivity contribution in [3.63, 3.8) is 0 Å². The van der Waals surface area contributed by atoms with Gasteiger partial charge in [0.15, 0.2) is 5.96 Å². The minimum Gasteiger partial charge on any atom is -0.508 e. The molecule has 0 aliphatic carbocycles. The van der Waals surface area contributed by atoms with Crippen LogP contribution < -0.4 is 38.9 Å². The van der Waals surface area contributed by atoms with Gasteiger partial charge < -0.3 is 49.1 Å². The third kappa shape index (κ3) is 13.3. The van der Waals surface area contributed by atoms with Crippen molar-refractivity contribution in [1.29, 1.82) is 0 Å². The molecule has 0 aliphatic rings. The van der Waals surface area contributed by atoms with Crippen LogP contribution in [0.4, 0.5) is 0 Å². The number of hydrogen-bond acceptors (Lipinski definition) is 8. The zero-order valence-corrected chi connectivity index (χ0v) is 23.8. The van der Waals surface area contributed by atoms with Gasteiger partial charge >= 0.3 is 5.97 Å². The Hall–Kier alpha value is -3.91. The second kappa shape index (κ2) is 18.4. The number of unbranched alkanes of at least 4 members (excludes halogenated alkanes) is 1. The third-order valence-electron chi connectivity index (χ3n) is 6.66. The Morgan fingerprint density at radius 2 is 1.51 bits per heavy atom. The number of aliphatic carboxylic acids is 1. The number of carbonyl (C=O) groups excluding carboxylic acids is 3. The average Bonchev–Trinajstić information content (AvgIpc) is 2.92. The van der Waals surface area contributed by atoms with Crippen LogP contribution in [0.25, 0.3) is 0 Å². The molecule has 5 unspecified atom stereocenters. The lowest BCUT2D eigenvalue weighted by atomic mass is 9.96. The van der Waals surface area contributed by atoms with E-state index >= 15 is 0 Å². The molecule has 41 heavy (non-hydrogen) atoms. The summed E-state index contributed by atoms with van der Waals surface area (Å²) in [6.45, 7) is 4.20. The first kappa shape index (κ1) is 35.1. The Balaban J connectivity index is 2.97. The molecule has 0 bridgehead atoms. The van der Waals surface area contributed by atoms with Crippen molar-refractivity contribution in [3.05, 3.63) is 29.8 Å². The maximum Gasteiger partial charge on any atom is 0.326 e. The Morgan fingerprint density at radius 1 is 0.902 bits per heavy atom. The van der Waals surface area contributed by atoms with Gasteiger partial charge in [-0.3, -0.25) is 19.4 Å². The number of hydrogen-bond donors (Lipinski definition) is 9. The van der Waals surface area contributed by atoms with Crippen molar-refractivity contribution in [2.75, 3.05) is 13.1 Å². The fourth-order valence-corrected chi connectivity index (χ4v) is 4.00. The van der Waals surface area contributed by atoms with Crippen molar-refractivity contribution in [1.82, 2.24) is 16.0 Å². The van der Waals surface area contributed by atoms with Gasteiger partial charge in [-0.1, -0.05) is 32.4 Å². The molecule has 3 amide bonds. The fourth-order valence-electron chi connectivity index (χ4n) is 4.00. The van der Waals surface area contributed by atoms with Gasteiger partial charge in [-0.15, -0.1) is 0 Å². The number of carboxylic acids is 1. The fraction of sp³-hybridized carbons (Fsp3) is 0.593. The molecule has 1 aromatic carbocycles. The summed E-state index contributed by atoms with van der Waals surface area (Å²) in [6.07, 6.45) is 2.51. The van der Waals surface area contributed by atoms with Crippen molar-refractivity contribution in [2.24, 2.45) is 33.8 Å². The van der Waals surface area contributed by atoms with Crippen LogP contribution in [0.3, 0.4) is 0 Å². The molecule has 13 N–H and O–H groups in total. The summed E-state index contributed by atoms with van der Waals surface area (Å²) in [6, 6.07) is 2.06. The molecule has 0 radical (unpaired) electrons. The second-order valence-corrected chi connectivity index (χ2v) is 10.0. The SMILES string of the molecule is CCC(C)C(NC(=O)C(CCCCN)NC(=O)C(N)Cc1ccc(O)cc1)C(=O)NC(CCCN=C(N)N)C(=O)O. The average molecular weight is 579 g/mol. The minimum absolute atomic E-state index is 0.0791. The molecule has 1 rings (SSSR count). The van der Waals surface area contributed by atoms with E-state index in [1.165, 1.54) is 12.1 Å². The van der Waals surface area contributed by atoms with E-state index in [0.717, 1.165) is 5.56 Å². The highest BCUT2D eigenvalue weighted by atomic mass is 16.4. The molecule has 0 saturated carbocycles. The monoisotopic (exact) mass is 578 g/mol. The first-order valence-corrected chi connectivity index (χ1v) is 13.8. The predicted octanol–water partition coefficient (Wildman–Crippen LogP) is -0.970. The molecule has 14 heteroatoms. The number of rotatable bonds is 19. The highest BCUT2D eigenvalue weighted by molar-refractivity contribution is 5.94. The van der Waals surface area contributed by atoms with Gasteiger partial charge in [0.05, 0.1) is 6.04 Å². The maximum atomic E-state index is 13.4. The summed E-state index contributed by atoms with van der Waals surface area (Å²) in [4.78, 5) is 55.0. The second-order valence-electron chi connectivity index (χ2n) is 10.0. The van der Waals surface area contributed by atoms with E-state index in [1.54, 1.807) is 19.1 Å². The van der Waals surface area contributed by atoms with E-state index in [0.29, 0.717) is 32.2 Å². The summed E-state index contributed by atoms with van der Waals surface area (Å²) >= 11 is 0. The smallest absolute Gasteiger partial charge is 0.326 e. The molecule has 1 aromatic rings. The number of carboxylic acid groups (broad SMARTS) is 1. The van der Waals surface area contributed by atoms with Crippen LogP contribution in [0.1, 0.15) is 57.9 Å². The van der Waals surface area contributed by atoms with E-state index in [1.807, 2.05) is 6.92 Å². The molecule has 0 saturated heterocycles. The number of nitrogens with zero attached hydrogens (tertiary/aromatic N) is 1. The number of aliphatic imine (C=N–C) groups is 1. The molecular formula is C27H46N8O6. The van der Waals surface area contributed by atoms with E-state index in [4.69, 9.17) is 22.9 Å². The third-order valence-corrected chi connectivity index (χ3v) is 6.66. The molecule has 0 heterocycles. The molecular weight excluding hydrogens is 532 g/mol. The van der Waals surface area contributed by atoms with Gasteiger partial charge in [0.2, 0.25) is 17.7 Å². The van der Waals surface area contributed by atoms with Crippen molar-refractivity contribution in [3.8, 4) is 5.75 Å². The number of nitrogens with one attached hydrogen (secondary N) is 3. The quantitative estimate of drug-likeness (QED) is 0.0551. The number of phenolic OH excluding ortho intramolecular Hbond substituents is 1. The molecule has 14 nitrogen and oxygen atoms in total. The maximum absolute atomic E-state index is 13.4. The number of aromatic hydroxyl groups is 1. The summed E-state index contributed by atoms with van der Waals surface area (Å²) < 4.78 is 0. The Kier molecular flexibility index (Phi) is 15.8. The number of benzene rings is 1. The normalized spacial score (nSPS) is 14.5. The van der Waals surface area contributed by atoms with Crippen molar-refractivity contribution < 1.29 is 29.4 Å². The number of phenols is 1. The Bertz CT molecular complexity index is 1020. The van der Waals surface area contributed by atoms with Crippen LogP contribution in [-0.2, 0) is 25.6 Å². The molecule has 0 fully saturated rings. The Morgan fingerprint density at radius 3 is 2.07 bits per heavy atom. The largest absolute Gasteiger partial charge is 0.508 e. The molecule has 0 spiro atoms. The highest BCUT2D eigenvalue weighted by Gasteiger charge is 2.32. The lowest BCUT2D eigenvalue weighted by Crippen LogP contribution is -2.58. The molecule has 0 aromatic heterocycles. The lowest BCUT2D eigenvalue weighted by molar-refractivity contribution is -0.143. The standard InChI is InChI=1S/C27H46N8O6/c1-3-16(2)22(25(39)34-21(26(40)41)8-6-14-32-27(30)31)35-24(38)20(7-4-5-13-28)33-23(37)19(29)15-17-9-11-18(36)12-10-17/h9-12,16,19-22,36H,3-8,13-15,28-29H2,1-2H3,(H,33,37)(H,34,39)(H,35,38)(H,40,41)(H4,30,31,32). The summed E-state index contributed by atoms with van der Waals surface area (Å²) in [7, 11) is 0. The number of carbonyl (C=O) groups is 4. The van der Waals surface area contributed by atoms with Gasteiger partial charge in [0.25, 0.3) is 0 Å². The van der Waals surface area contributed by atoms with Crippen molar-refractivity contribution in [2.45, 2.75) is 83.0 Å². The first-order valence-electron chi connectivity index (χ1n) is 13.8. The summed E-state index contributed by atoms with van der Waals surface area (Å²) in [5.74, 6) is -3.40. The van der Waals surface area contributed by atoms with Gasteiger partial charge in [-0.05, 0) is 68.7 Å². The number of amides is 3. The zero-order chi connectivity index (χ0) is 30.9. The number of guanidine groups is 1. The highest BCUT2D eigenvalue weighted by Crippen LogP contribution is 2.13. The van der Waals surface area contributed by atoms with Crippen LogP contribution in [0.2, 0.25) is 0 Å². The van der Waals surface area contributed by atoms with E-state index in [-0.39, 0.29) is 43.4 Å². The Labute approximate surface area is 240 Å². The minimum atomic E-state index is -1.23. The van der Waals surface area contributed by atoms with Crippen molar-refractivity contribution >= 4 is 29.7 Å². The molecule has 230 valence electrons. The van der Waals surface area contributed by atoms with E-state index in [9.17, 15) is 29.4 Å². The summed E-state index contributed by atoms with van der Waals surface area (Å²) in [5, 5.41) is 27.0. The van der Waals surface area contributed by atoms with Gasteiger partial charge in [0, 0.05) is 6.54 Å². The van der Waals surface area contributed by atoms with Crippen LogP contribution in [0.5, 0.6) is 5.75 Å². The number of nitrogens with two attached hydrogens (primary N) is 4. The van der Waals surface area contributed by atoms with Gasteiger partial charge in [0.1, 0.15) is 23.9 Å². The zero-order valence-electron chi connectivity index (χ0n) is 23.8.